The summed E-state index contributed by atoms with van der Waals surface area (Å²) in [5, 5.41) is 10.9. The number of nitro groups is 1. The smallest absolute Gasteiger partial charge is 0.293 e. The second kappa shape index (κ2) is 3.81. The standard InChI is InChI=1S/C12H12N2O2/c1-9-7-8-13(10(9)2)11-5-3-4-6-12(11)14(15)16/h3-8H,1-2H3. The van der Waals surface area contributed by atoms with E-state index in [2.05, 4.69) is 0 Å². The minimum absolute atomic E-state index is 0.126. The van der Waals surface area contributed by atoms with Gasteiger partial charge in [-0.25, -0.2) is 0 Å². The van der Waals surface area contributed by atoms with E-state index in [1.165, 1.54) is 6.07 Å². The summed E-state index contributed by atoms with van der Waals surface area (Å²) in [6.07, 6.45) is 1.85. The van der Waals surface area contributed by atoms with Crippen molar-refractivity contribution < 1.29 is 4.92 Å². The Morgan fingerprint density at radius 2 is 1.88 bits per heavy atom. The molecule has 1 aromatic carbocycles. The summed E-state index contributed by atoms with van der Waals surface area (Å²) in [5.41, 5.74) is 2.88. The average molecular weight is 216 g/mol. The molecule has 0 aliphatic heterocycles. The number of rotatable bonds is 2. The van der Waals surface area contributed by atoms with Gasteiger partial charge in [0.1, 0.15) is 5.69 Å². The topological polar surface area (TPSA) is 48.1 Å². The molecule has 0 amide bonds. The van der Waals surface area contributed by atoms with E-state index in [0.717, 1.165) is 11.3 Å². The number of hydrogen-bond donors (Lipinski definition) is 0. The highest BCUT2D eigenvalue weighted by Crippen LogP contribution is 2.24. The van der Waals surface area contributed by atoms with Crippen molar-refractivity contribution in [2.24, 2.45) is 0 Å². The monoisotopic (exact) mass is 216 g/mol. The van der Waals surface area contributed by atoms with Crippen LogP contribution in [0.5, 0.6) is 0 Å². The lowest BCUT2D eigenvalue weighted by atomic mass is 10.2. The highest BCUT2D eigenvalue weighted by molar-refractivity contribution is 5.53. The van der Waals surface area contributed by atoms with Crippen LogP contribution in [-0.4, -0.2) is 9.49 Å². The van der Waals surface area contributed by atoms with Gasteiger partial charge in [0.15, 0.2) is 0 Å². The van der Waals surface area contributed by atoms with Crippen molar-refractivity contribution in [2.75, 3.05) is 0 Å². The summed E-state index contributed by atoms with van der Waals surface area (Å²) in [7, 11) is 0. The molecular weight excluding hydrogens is 204 g/mol. The fourth-order valence-corrected chi connectivity index (χ4v) is 1.69. The number of aromatic nitrogens is 1. The maximum Gasteiger partial charge on any atom is 0.293 e. The Hall–Kier alpha value is -2.10. The number of nitrogens with zero attached hydrogens (tertiary/aromatic N) is 2. The van der Waals surface area contributed by atoms with Crippen molar-refractivity contribution in [2.45, 2.75) is 13.8 Å². The number of nitro benzene ring substituents is 1. The van der Waals surface area contributed by atoms with Crippen molar-refractivity contribution in [3.05, 3.63) is 57.9 Å². The highest BCUT2D eigenvalue weighted by Gasteiger charge is 2.15. The van der Waals surface area contributed by atoms with Gasteiger partial charge in [0, 0.05) is 18.0 Å². The summed E-state index contributed by atoms with van der Waals surface area (Å²) >= 11 is 0. The van der Waals surface area contributed by atoms with Gasteiger partial charge in [0.2, 0.25) is 0 Å². The van der Waals surface area contributed by atoms with Crippen LogP contribution >= 0.6 is 0 Å². The van der Waals surface area contributed by atoms with E-state index < -0.39 is 0 Å². The lowest BCUT2D eigenvalue weighted by Gasteiger charge is -2.06. The lowest BCUT2D eigenvalue weighted by Crippen LogP contribution is -2.00. The summed E-state index contributed by atoms with van der Waals surface area (Å²) < 4.78 is 1.84. The van der Waals surface area contributed by atoms with Gasteiger partial charge in [-0.3, -0.25) is 10.1 Å². The number of para-hydroxylation sites is 2. The van der Waals surface area contributed by atoms with Crippen LogP contribution < -0.4 is 0 Å². The molecule has 0 fully saturated rings. The third kappa shape index (κ3) is 1.58. The van der Waals surface area contributed by atoms with E-state index in [-0.39, 0.29) is 10.6 Å². The molecule has 0 N–H and O–H groups in total. The van der Waals surface area contributed by atoms with Crippen molar-refractivity contribution >= 4 is 5.69 Å². The molecule has 4 nitrogen and oxygen atoms in total. The van der Waals surface area contributed by atoms with Gasteiger partial charge >= 0.3 is 0 Å². The molecule has 0 saturated carbocycles. The molecule has 2 aromatic rings. The van der Waals surface area contributed by atoms with Crippen molar-refractivity contribution in [3.63, 3.8) is 0 Å². The molecule has 0 atom stereocenters. The predicted octanol–water partition coefficient (Wildman–Crippen LogP) is 3.00. The van der Waals surface area contributed by atoms with E-state index >= 15 is 0 Å². The van der Waals surface area contributed by atoms with Crippen LogP contribution in [-0.2, 0) is 0 Å². The molecule has 0 aliphatic carbocycles. The SMILES string of the molecule is Cc1ccn(-c2ccccc2[N+](=O)[O-])c1C. The first-order chi connectivity index (χ1) is 7.61. The lowest BCUT2D eigenvalue weighted by molar-refractivity contribution is -0.384. The van der Waals surface area contributed by atoms with Gasteiger partial charge in [0.25, 0.3) is 5.69 Å². The Morgan fingerprint density at radius 1 is 1.19 bits per heavy atom. The van der Waals surface area contributed by atoms with Crippen LogP contribution in [0, 0.1) is 24.0 Å². The van der Waals surface area contributed by atoms with Gasteiger partial charge in [0.05, 0.1) is 4.92 Å². The van der Waals surface area contributed by atoms with Gasteiger partial charge in [-0.2, -0.15) is 0 Å². The third-order valence-corrected chi connectivity index (χ3v) is 2.74. The van der Waals surface area contributed by atoms with Crippen molar-refractivity contribution in [1.82, 2.24) is 4.57 Å². The summed E-state index contributed by atoms with van der Waals surface area (Å²) in [6.45, 7) is 3.94. The first-order valence-electron chi connectivity index (χ1n) is 4.99. The molecule has 0 spiro atoms. The minimum atomic E-state index is -0.357. The first-order valence-corrected chi connectivity index (χ1v) is 4.99. The molecule has 0 unspecified atom stereocenters. The van der Waals surface area contributed by atoms with Crippen LogP contribution in [0.15, 0.2) is 36.5 Å². The van der Waals surface area contributed by atoms with Crippen LogP contribution in [0.3, 0.4) is 0 Å². The van der Waals surface area contributed by atoms with Gasteiger partial charge in [-0.15, -0.1) is 0 Å². The summed E-state index contributed by atoms with van der Waals surface area (Å²) in [6, 6.07) is 8.70. The molecule has 0 saturated heterocycles. The van der Waals surface area contributed by atoms with E-state index in [4.69, 9.17) is 0 Å². The van der Waals surface area contributed by atoms with Gasteiger partial charge in [-0.05, 0) is 31.5 Å². The Balaban J connectivity index is 2.64. The third-order valence-electron chi connectivity index (χ3n) is 2.74. The molecule has 1 aromatic heterocycles. The highest BCUT2D eigenvalue weighted by atomic mass is 16.6. The Morgan fingerprint density at radius 3 is 2.44 bits per heavy atom. The van der Waals surface area contributed by atoms with Crippen LogP contribution in [0.1, 0.15) is 11.3 Å². The zero-order valence-corrected chi connectivity index (χ0v) is 9.18. The maximum absolute atomic E-state index is 10.9. The van der Waals surface area contributed by atoms with Crippen LogP contribution in [0.25, 0.3) is 5.69 Å². The Kier molecular flexibility index (Phi) is 2.48. The van der Waals surface area contributed by atoms with Gasteiger partial charge < -0.3 is 4.57 Å². The quantitative estimate of drug-likeness (QED) is 0.572. The number of aryl methyl sites for hydroxylation is 1. The normalized spacial score (nSPS) is 10.4. The molecule has 82 valence electrons. The second-order valence-corrected chi connectivity index (χ2v) is 3.70. The molecule has 2 rings (SSSR count). The fraction of sp³-hybridized carbons (Fsp3) is 0.167. The van der Waals surface area contributed by atoms with E-state index in [1.54, 1.807) is 18.2 Å². The Labute approximate surface area is 93.3 Å². The fourth-order valence-electron chi connectivity index (χ4n) is 1.69. The van der Waals surface area contributed by atoms with Crippen LogP contribution in [0.2, 0.25) is 0 Å². The molecular formula is C12H12N2O2. The molecule has 16 heavy (non-hydrogen) atoms. The van der Waals surface area contributed by atoms with Crippen LogP contribution in [0.4, 0.5) is 5.69 Å². The molecule has 4 heteroatoms. The zero-order valence-electron chi connectivity index (χ0n) is 9.18. The van der Waals surface area contributed by atoms with Crippen molar-refractivity contribution in [3.8, 4) is 5.69 Å². The van der Waals surface area contributed by atoms with E-state index in [1.807, 2.05) is 30.7 Å². The first kappa shape index (κ1) is 10.4. The second-order valence-electron chi connectivity index (χ2n) is 3.70. The number of benzene rings is 1. The maximum atomic E-state index is 10.9. The zero-order chi connectivity index (χ0) is 11.7. The summed E-state index contributed by atoms with van der Waals surface area (Å²) in [5.74, 6) is 0. The summed E-state index contributed by atoms with van der Waals surface area (Å²) in [4.78, 5) is 10.5. The predicted molar refractivity (Wildman–Crippen MR) is 61.9 cm³/mol. The van der Waals surface area contributed by atoms with Crippen molar-refractivity contribution in [1.29, 1.82) is 0 Å². The molecule has 0 bridgehead atoms. The molecule has 1 heterocycles. The molecule has 0 radical (unpaired) electrons. The van der Waals surface area contributed by atoms with E-state index in [0.29, 0.717) is 5.69 Å². The van der Waals surface area contributed by atoms with E-state index in [9.17, 15) is 10.1 Å². The number of hydrogen-bond acceptors (Lipinski definition) is 2. The average Bonchev–Trinajstić information content (AvgIpc) is 2.60. The van der Waals surface area contributed by atoms with Gasteiger partial charge in [-0.1, -0.05) is 12.1 Å². The Bertz CT molecular complexity index is 544. The largest absolute Gasteiger partial charge is 0.315 e. The minimum Gasteiger partial charge on any atom is -0.315 e. The molecule has 0 aliphatic rings.